The van der Waals surface area contributed by atoms with Gasteiger partial charge in [0, 0.05) is 12.6 Å². The summed E-state index contributed by atoms with van der Waals surface area (Å²) in [6.07, 6.45) is 0.625. The highest BCUT2D eigenvalue weighted by molar-refractivity contribution is 6.07. The van der Waals surface area contributed by atoms with Gasteiger partial charge in [0.1, 0.15) is 5.54 Å². The molecular weight excluding hydrogens is 260 g/mol. The fraction of sp³-hybridized carbons (Fsp3) is 0.462. The fourth-order valence-electron chi connectivity index (χ4n) is 2.62. The van der Waals surface area contributed by atoms with E-state index in [4.69, 9.17) is 4.74 Å². The molecule has 1 aromatic rings. The van der Waals surface area contributed by atoms with Gasteiger partial charge in [-0.2, -0.15) is 0 Å². The summed E-state index contributed by atoms with van der Waals surface area (Å²) in [4.78, 5) is 29.9. The van der Waals surface area contributed by atoms with Crippen LogP contribution in [0.1, 0.15) is 12.1 Å². The summed E-state index contributed by atoms with van der Waals surface area (Å²) < 4.78 is 5.04. The van der Waals surface area contributed by atoms with Gasteiger partial charge in [0.2, 0.25) is 5.88 Å². The summed E-state index contributed by atoms with van der Waals surface area (Å²) in [7, 11) is 1.53. The molecule has 7 nitrogen and oxygen atoms in total. The first kappa shape index (κ1) is 12.9. The number of hydrogen-bond acceptors (Lipinski definition) is 5. The fourth-order valence-corrected chi connectivity index (χ4v) is 2.62. The quantitative estimate of drug-likeness (QED) is 0.752. The number of carbonyl (C=O) groups is 2. The molecule has 2 fully saturated rings. The Morgan fingerprint density at radius 1 is 1.45 bits per heavy atom. The molecule has 7 heteroatoms. The van der Waals surface area contributed by atoms with Crippen LogP contribution < -0.4 is 15.4 Å². The highest BCUT2D eigenvalue weighted by Gasteiger charge is 2.52. The van der Waals surface area contributed by atoms with E-state index in [0.29, 0.717) is 24.5 Å². The largest absolute Gasteiger partial charge is 0.481 e. The molecule has 2 aliphatic rings. The molecule has 106 valence electrons. The average molecular weight is 276 g/mol. The van der Waals surface area contributed by atoms with Crippen LogP contribution in [0.4, 0.5) is 4.79 Å². The van der Waals surface area contributed by atoms with Crippen LogP contribution in [-0.2, 0) is 11.3 Å². The number of pyridine rings is 1. The zero-order valence-electron chi connectivity index (χ0n) is 11.2. The van der Waals surface area contributed by atoms with E-state index in [2.05, 4.69) is 15.6 Å². The second-order valence-electron chi connectivity index (χ2n) is 5.00. The van der Waals surface area contributed by atoms with Gasteiger partial charge in [-0.3, -0.25) is 9.69 Å². The SMILES string of the molecule is COc1cccc(CN2C(=O)NC3(CCNC3)C2=O)n1. The van der Waals surface area contributed by atoms with E-state index in [0.717, 1.165) is 6.54 Å². The van der Waals surface area contributed by atoms with E-state index >= 15 is 0 Å². The molecule has 1 spiro atoms. The third-order valence-electron chi connectivity index (χ3n) is 3.71. The summed E-state index contributed by atoms with van der Waals surface area (Å²) in [5, 5.41) is 5.90. The number of rotatable bonds is 3. The summed E-state index contributed by atoms with van der Waals surface area (Å²) in [5.74, 6) is 0.281. The van der Waals surface area contributed by atoms with E-state index in [9.17, 15) is 9.59 Å². The second kappa shape index (κ2) is 4.75. The third kappa shape index (κ3) is 2.00. The summed E-state index contributed by atoms with van der Waals surface area (Å²) in [6, 6.07) is 4.91. The molecule has 3 amide bonds. The van der Waals surface area contributed by atoms with E-state index in [1.54, 1.807) is 18.2 Å². The van der Waals surface area contributed by atoms with Gasteiger partial charge in [-0.15, -0.1) is 0 Å². The van der Waals surface area contributed by atoms with Crippen LogP contribution in [-0.4, -0.2) is 47.6 Å². The minimum Gasteiger partial charge on any atom is -0.481 e. The lowest BCUT2D eigenvalue weighted by Crippen LogP contribution is -2.48. The summed E-state index contributed by atoms with van der Waals surface area (Å²) in [5.41, 5.74) is -0.147. The van der Waals surface area contributed by atoms with Gasteiger partial charge in [0.15, 0.2) is 0 Å². The third-order valence-corrected chi connectivity index (χ3v) is 3.71. The first-order valence-electron chi connectivity index (χ1n) is 6.49. The van der Waals surface area contributed by atoms with Crippen molar-refractivity contribution in [3.05, 3.63) is 23.9 Å². The standard InChI is InChI=1S/C13H16N4O3/c1-20-10-4-2-3-9(15-10)7-17-11(18)13(16-12(17)19)5-6-14-8-13/h2-4,14H,5-8H2,1H3,(H,16,19). The molecule has 3 rings (SSSR count). The highest BCUT2D eigenvalue weighted by Crippen LogP contribution is 2.25. The number of aromatic nitrogens is 1. The maximum Gasteiger partial charge on any atom is 0.325 e. The molecule has 0 radical (unpaired) electrons. The van der Waals surface area contributed by atoms with Crippen molar-refractivity contribution in [2.75, 3.05) is 20.2 Å². The first-order chi connectivity index (χ1) is 9.64. The molecule has 0 aliphatic carbocycles. The molecule has 1 unspecified atom stereocenters. The van der Waals surface area contributed by atoms with Gasteiger partial charge in [-0.25, -0.2) is 9.78 Å². The number of nitrogens with one attached hydrogen (secondary N) is 2. The van der Waals surface area contributed by atoms with E-state index in [1.165, 1.54) is 12.0 Å². The molecule has 0 bridgehead atoms. The Morgan fingerprint density at radius 3 is 3.00 bits per heavy atom. The second-order valence-corrected chi connectivity index (χ2v) is 5.00. The van der Waals surface area contributed by atoms with Gasteiger partial charge in [-0.1, -0.05) is 6.07 Å². The monoisotopic (exact) mass is 276 g/mol. The van der Waals surface area contributed by atoms with E-state index in [1.807, 2.05) is 0 Å². The van der Waals surface area contributed by atoms with Crippen molar-refractivity contribution in [3.63, 3.8) is 0 Å². The van der Waals surface area contributed by atoms with E-state index in [-0.39, 0.29) is 18.5 Å². The molecule has 20 heavy (non-hydrogen) atoms. The number of urea groups is 1. The molecule has 0 saturated carbocycles. The smallest absolute Gasteiger partial charge is 0.325 e. The summed E-state index contributed by atoms with van der Waals surface area (Å²) in [6.45, 7) is 1.38. The van der Waals surface area contributed by atoms with Crippen LogP contribution in [0.25, 0.3) is 0 Å². The van der Waals surface area contributed by atoms with Gasteiger partial charge in [-0.05, 0) is 19.0 Å². The lowest BCUT2D eigenvalue weighted by molar-refractivity contribution is -0.131. The highest BCUT2D eigenvalue weighted by atomic mass is 16.5. The molecule has 1 aromatic heterocycles. The number of carbonyl (C=O) groups excluding carboxylic acids is 2. The number of imide groups is 1. The van der Waals surface area contributed by atoms with Crippen molar-refractivity contribution in [1.82, 2.24) is 20.5 Å². The van der Waals surface area contributed by atoms with Gasteiger partial charge < -0.3 is 15.4 Å². The number of amides is 3. The maximum absolute atomic E-state index is 12.4. The molecular formula is C13H16N4O3. The zero-order valence-corrected chi connectivity index (χ0v) is 11.2. The zero-order chi connectivity index (χ0) is 14.2. The molecule has 2 aliphatic heterocycles. The van der Waals surface area contributed by atoms with Gasteiger partial charge >= 0.3 is 6.03 Å². The van der Waals surface area contributed by atoms with Crippen molar-refractivity contribution in [3.8, 4) is 5.88 Å². The van der Waals surface area contributed by atoms with Crippen molar-refractivity contribution < 1.29 is 14.3 Å². The number of ether oxygens (including phenoxy) is 1. The normalized spacial score (nSPS) is 25.4. The Labute approximate surface area is 116 Å². The van der Waals surface area contributed by atoms with Crippen LogP contribution in [0.5, 0.6) is 5.88 Å². The predicted molar refractivity (Wildman–Crippen MR) is 70.1 cm³/mol. The lowest BCUT2D eigenvalue weighted by Gasteiger charge is -2.19. The minimum atomic E-state index is -0.768. The number of methoxy groups -OCH3 is 1. The van der Waals surface area contributed by atoms with Crippen molar-refractivity contribution >= 4 is 11.9 Å². The summed E-state index contributed by atoms with van der Waals surface area (Å²) >= 11 is 0. The van der Waals surface area contributed by atoms with Crippen LogP contribution in [0.3, 0.4) is 0 Å². The van der Waals surface area contributed by atoms with E-state index < -0.39 is 5.54 Å². The van der Waals surface area contributed by atoms with Crippen LogP contribution in [0.15, 0.2) is 18.2 Å². The predicted octanol–water partition coefficient (Wildman–Crippen LogP) is -0.126. The van der Waals surface area contributed by atoms with Crippen molar-refractivity contribution in [2.24, 2.45) is 0 Å². The average Bonchev–Trinajstić information content (AvgIpc) is 3.01. The van der Waals surface area contributed by atoms with Crippen LogP contribution >= 0.6 is 0 Å². The molecule has 2 saturated heterocycles. The molecule has 2 N–H and O–H groups in total. The maximum atomic E-state index is 12.4. The Hall–Kier alpha value is -2.15. The molecule has 0 aromatic carbocycles. The molecule has 1 atom stereocenters. The Kier molecular flexibility index (Phi) is 3.06. The Morgan fingerprint density at radius 2 is 2.30 bits per heavy atom. The minimum absolute atomic E-state index is 0.156. The van der Waals surface area contributed by atoms with Gasteiger partial charge in [0.05, 0.1) is 19.3 Å². The lowest BCUT2D eigenvalue weighted by atomic mass is 9.99. The van der Waals surface area contributed by atoms with Crippen LogP contribution in [0.2, 0.25) is 0 Å². The number of nitrogens with zero attached hydrogens (tertiary/aromatic N) is 2. The topological polar surface area (TPSA) is 83.6 Å². The number of hydrogen-bond donors (Lipinski definition) is 2. The van der Waals surface area contributed by atoms with Crippen LogP contribution in [0, 0.1) is 0 Å². The van der Waals surface area contributed by atoms with Gasteiger partial charge in [0.25, 0.3) is 5.91 Å². The van der Waals surface area contributed by atoms with Crippen molar-refractivity contribution in [2.45, 2.75) is 18.5 Å². The molecule has 3 heterocycles. The first-order valence-corrected chi connectivity index (χ1v) is 6.49. The Bertz CT molecular complexity index is 554. The van der Waals surface area contributed by atoms with Crippen molar-refractivity contribution in [1.29, 1.82) is 0 Å². The Balaban J connectivity index is 1.80.